The maximum absolute atomic E-state index is 14.1. The van der Waals surface area contributed by atoms with E-state index in [1.165, 1.54) is 67.8 Å². The number of anilines is 3. The number of hydrogen-bond donors (Lipinski definition) is 3. The zero-order chi connectivity index (χ0) is 29.2. The van der Waals surface area contributed by atoms with Crippen LogP contribution in [0.5, 0.6) is 17.2 Å². The van der Waals surface area contributed by atoms with Crippen LogP contribution in [-0.2, 0) is 20.0 Å². The molecule has 0 fully saturated rings. The topological polar surface area (TPSA) is 176 Å². The summed E-state index contributed by atoms with van der Waals surface area (Å²) in [7, 11) is -7.72. The number of nitro benzene ring substituents is 1. The van der Waals surface area contributed by atoms with E-state index in [2.05, 4.69) is 4.72 Å². The van der Waals surface area contributed by atoms with Gasteiger partial charge < -0.3 is 14.9 Å². The van der Waals surface area contributed by atoms with E-state index in [-0.39, 0.29) is 27.7 Å². The molecule has 40 heavy (non-hydrogen) atoms. The molecule has 0 aliphatic rings. The number of phenolic OH excluding ortho intramolecular Hbond substituents is 2. The Balaban J connectivity index is 1.96. The molecule has 4 rings (SSSR count). The number of aromatic hydroxyl groups is 2. The summed E-state index contributed by atoms with van der Waals surface area (Å²) < 4.78 is 63.0. The van der Waals surface area contributed by atoms with Crippen LogP contribution in [0.1, 0.15) is 5.56 Å². The van der Waals surface area contributed by atoms with Crippen LogP contribution in [0.25, 0.3) is 0 Å². The molecule has 0 atom stereocenters. The number of hydrogen-bond acceptors (Lipinski definition) is 9. The molecule has 3 N–H and O–H groups in total. The fourth-order valence-electron chi connectivity index (χ4n) is 3.93. The maximum Gasteiger partial charge on any atom is 0.289 e. The van der Waals surface area contributed by atoms with Crippen molar-refractivity contribution in [2.45, 2.75) is 16.7 Å². The lowest BCUT2D eigenvalue weighted by Crippen LogP contribution is -2.28. The molecule has 14 heteroatoms. The van der Waals surface area contributed by atoms with Gasteiger partial charge in [0.25, 0.3) is 25.7 Å². The number of nitro groups is 1. The van der Waals surface area contributed by atoms with Crippen LogP contribution in [0.2, 0.25) is 0 Å². The monoisotopic (exact) mass is 585 g/mol. The number of para-hydroxylation sites is 1. The van der Waals surface area contributed by atoms with Gasteiger partial charge in [0.1, 0.15) is 17.2 Å². The fraction of sp³-hybridized carbons (Fsp3) is 0.0769. The highest BCUT2D eigenvalue weighted by molar-refractivity contribution is 7.93. The third kappa shape index (κ3) is 5.48. The van der Waals surface area contributed by atoms with Gasteiger partial charge in [-0.2, -0.15) is 0 Å². The van der Waals surface area contributed by atoms with Gasteiger partial charge in [0.15, 0.2) is 4.90 Å². The number of ether oxygens (including phenoxy) is 1. The van der Waals surface area contributed by atoms with Crippen molar-refractivity contribution >= 4 is 42.8 Å². The van der Waals surface area contributed by atoms with Crippen LogP contribution >= 0.6 is 0 Å². The lowest BCUT2D eigenvalue weighted by molar-refractivity contribution is -0.387. The molecule has 0 aromatic heterocycles. The third-order valence-corrected chi connectivity index (χ3v) is 8.95. The van der Waals surface area contributed by atoms with E-state index in [1.807, 2.05) is 0 Å². The Morgan fingerprint density at radius 1 is 0.850 bits per heavy atom. The Labute approximate surface area is 230 Å². The molecule has 0 aliphatic carbocycles. The Morgan fingerprint density at radius 2 is 1.45 bits per heavy atom. The first-order valence-electron chi connectivity index (χ1n) is 11.4. The average Bonchev–Trinajstić information content (AvgIpc) is 2.91. The lowest BCUT2D eigenvalue weighted by atomic mass is 10.1. The van der Waals surface area contributed by atoms with Crippen molar-refractivity contribution < 1.29 is 36.7 Å². The Kier molecular flexibility index (Phi) is 7.57. The number of rotatable bonds is 9. The minimum atomic E-state index is -4.66. The van der Waals surface area contributed by atoms with Crippen molar-refractivity contribution in [1.29, 1.82) is 0 Å². The summed E-state index contributed by atoms with van der Waals surface area (Å²) in [4.78, 5) is 9.78. The second-order valence-corrected chi connectivity index (χ2v) is 11.9. The van der Waals surface area contributed by atoms with E-state index in [9.17, 15) is 37.2 Å². The lowest BCUT2D eigenvalue weighted by Gasteiger charge is -2.28. The number of phenols is 2. The molecule has 0 amide bonds. The highest BCUT2D eigenvalue weighted by Crippen LogP contribution is 2.42. The number of sulfonamides is 2. The van der Waals surface area contributed by atoms with Gasteiger partial charge in [-0.15, -0.1) is 0 Å². The van der Waals surface area contributed by atoms with E-state index >= 15 is 0 Å². The first kappa shape index (κ1) is 28.2. The van der Waals surface area contributed by atoms with Crippen molar-refractivity contribution in [3.63, 3.8) is 0 Å². The summed E-state index contributed by atoms with van der Waals surface area (Å²) >= 11 is 0. The van der Waals surface area contributed by atoms with Gasteiger partial charge in [0.05, 0.1) is 34.0 Å². The van der Waals surface area contributed by atoms with E-state index in [1.54, 1.807) is 6.92 Å². The minimum absolute atomic E-state index is 0.0606. The molecule has 12 nitrogen and oxygen atoms in total. The zero-order valence-electron chi connectivity index (χ0n) is 21.0. The van der Waals surface area contributed by atoms with Crippen LogP contribution in [0.15, 0.2) is 94.7 Å². The Morgan fingerprint density at radius 3 is 2.05 bits per heavy atom. The molecular weight excluding hydrogens is 562 g/mol. The summed E-state index contributed by atoms with van der Waals surface area (Å²) in [6.45, 7) is 1.54. The van der Waals surface area contributed by atoms with Crippen molar-refractivity contribution in [2.75, 3.05) is 16.1 Å². The van der Waals surface area contributed by atoms with Crippen molar-refractivity contribution in [3.8, 4) is 17.2 Å². The van der Waals surface area contributed by atoms with Crippen LogP contribution in [0.4, 0.5) is 22.7 Å². The summed E-state index contributed by atoms with van der Waals surface area (Å²) in [5.74, 6) is -0.145. The Bertz CT molecular complexity index is 1810. The average molecular weight is 586 g/mol. The molecule has 4 aromatic carbocycles. The van der Waals surface area contributed by atoms with Gasteiger partial charge in [0.2, 0.25) is 0 Å². The number of benzene rings is 4. The summed E-state index contributed by atoms with van der Waals surface area (Å²) in [6.07, 6.45) is 0. The van der Waals surface area contributed by atoms with E-state index in [0.717, 1.165) is 28.6 Å². The largest absolute Gasteiger partial charge is 0.508 e. The number of nitrogens with one attached hydrogen (secondary N) is 1. The molecule has 0 saturated heterocycles. The Hall–Kier alpha value is -4.82. The SMILES string of the molecule is COc1ccc(S(=O)(=O)N(c2ccc(O)cc2C)c2ccc(O)cc2NS(=O)(=O)c2ccccc2[N+](=O)[O-])cc1. The van der Waals surface area contributed by atoms with Gasteiger partial charge in [-0.25, -0.2) is 21.1 Å². The second kappa shape index (κ2) is 10.7. The van der Waals surface area contributed by atoms with E-state index in [0.29, 0.717) is 11.3 Å². The molecular formula is C26H23N3O9S2. The summed E-state index contributed by atoms with van der Waals surface area (Å²) in [5, 5.41) is 31.6. The smallest absolute Gasteiger partial charge is 0.289 e. The van der Waals surface area contributed by atoms with Gasteiger partial charge in [-0.3, -0.25) is 14.8 Å². The molecule has 0 saturated carbocycles. The normalized spacial score (nSPS) is 11.6. The quantitative estimate of drug-likeness (QED) is 0.186. The van der Waals surface area contributed by atoms with E-state index in [4.69, 9.17) is 4.74 Å². The van der Waals surface area contributed by atoms with Crippen molar-refractivity contribution in [1.82, 2.24) is 0 Å². The molecule has 4 aromatic rings. The van der Waals surface area contributed by atoms with Gasteiger partial charge in [-0.05, 0) is 73.2 Å². The van der Waals surface area contributed by atoms with Crippen molar-refractivity contribution in [3.05, 3.63) is 101 Å². The molecule has 208 valence electrons. The minimum Gasteiger partial charge on any atom is -0.508 e. The highest BCUT2D eigenvalue weighted by Gasteiger charge is 2.32. The molecule has 0 spiro atoms. The van der Waals surface area contributed by atoms with Crippen molar-refractivity contribution in [2.24, 2.45) is 0 Å². The zero-order valence-corrected chi connectivity index (χ0v) is 22.7. The third-order valence-electron chi connectivity index (χ3n) is 5.79. The highest BCUT2D eigenvalue weighted by atomic mass is 32.2. The molecule has 0 heterocycles. The van der Waals surface area contributed by atoms with Gasteiger partial charge in [0, 0.05) is 12.1 Å². The number of aryl methyl sites for hydroxylation is 1. The molecule has 0 bridgehead atoms. The first-order valence-corrected chi connectivity index (χ1v) is 14.4. The molecule has 0 aliphatic heterocycles. The van der Waals surface area contributed by atoms with E-state index < -0.39 is 41.3 Å². The maximum atomic E-state index is 14.1. The molecule has 0 radical (unpaired) electrons. The first-order chi connectivity index (χ1) is 18.8. The predicted molar refractivity (Wildman–Crippen MR) is 147 cm³/mol. The van der Waals surface area contributed by atoms with Crippen LogP contribution < -0.4 is 13.8 Å². The number of methoxy groups -OCH3 is 1. The van der Waals surface area contributed by atoms with Gasteiger partial charge >= 0.3 is 0 Å². The second-order valence-electron chi connectivity index (χ2n) is 8.45. The summed E-state index contributed by atoms with van der Waals surface area (Å²) in [6, 6.07) is 17.3. The summed E-state index contributed by atoms with van der Waals surface area (Å²) in [5.41, 5.74) is -0.941. The standard InChI is InChI=1S/C26H23N3O9S2/c1-17-15-18(30)7-13-23(17)28(40(36,37)21-11-9-20(38-2)10-12-21)24-14-8-19(31)16-22(24)27-39(34,35)26-6-4-3-5-25(26)29(32)33/h3-16,27,30-31H,1-2H3. The molecule has 0 unspecified atom stereocenters. The van der Waals surface area contributed by atoms with Crippen LogP contribution in [0, 0.1) is 17.0 Å². The van der Waals surface area contributed by atoms with Gasteiger partial charge in [-0.1, -0.05) is 12.1 Å². The number of nitrogens with zero attached hydrogens (tertiary/aromatic N) is 2. The van der Waals surface area contributed by atoms with Crippen LogP contribution in [-0.4, -0.2) is 39.1 Å². The van der Waals surface area contributed by atoms with Crippen LogP contribution in [0.3, 0.4) is 0 Å². The predicted octanol–water partition coefficient (Wildman–Crippen LogP) is 4.65. The fourth-order valence-corrected chi connectivity index (χ4v) is 6.74.